The molecule has 3 aliphatic rings. The van der Waals surface area contributed by atoms with Crippen LogP contribution in [0.4, 0.5) is 0 Å². The molecule has 2 atom stereocenters. The molecule has 1 aromatic carbocycles. The Hall–Kier alpha value is -2.41. The van der Waals surface area contributed by atoms with Crippen molar-refractivity contribution in [3.05, 3.63) is 29.8 Å². The number of carbonyl (C=O) groups is 3. The van der Waals surface area contributed by atoms with E-state index in [1.54, 1.807) is 22.8 Å². The van der Waals surface area contributed by atoms with Crippen molar-refractivity contribution in [1.82, 2.24) is 9.80 Å². The maximum atomic E-state index is 12.8. The Balaban J connectivity index is 1.49. The fourth-order valence-corrected chi connectivity index (χ4v) is 4.37. The number of morpholine rings is 1. The maximum Gasteiger partial charge on any atom is 0.245 e. The maximum absolute atomic E-state index is 12.8. The van der Waals surface area contributed by atoms with E-state index in [0.29, 0.717) is 57.0 Å². The summed E-state index contributed by atoms with van der Waals surface area (Å²) in [4.78, 5) is 41.7. The van der Waals surface area contributed by atoms with Gasteiger partial charge in [0.1, 0.15) is 17.4 Å². The zero-order valence-electron chi connectivity index (χ0n) is 16.2. The first-order valence-corrected chi connectivity index (χ1v) is 9.96. The van der Waals surface area contributed by atoms with Crippen molar-refractivity contribution in [2.75, 3.05) is 32.8 Å². The van der Waals surface area contributed by atoms with Gasteiger partial charge in [0.05, 0.1) is 25.2 Å². The van der Waals surface area contributed by atoms with E-state index in [0.717, 1.165) is 0 Å². The minimum atomic E-state index is -0.669. The van der Waals surface area contributed by atoms with Crippen LogP contribution >= 0.6 is 0 Å². The van der Waals surface area contributed by atoms with Crippen LogP contribution in [0.25, 0.3) is 0 Å². The lowest BCUT2D eigenvalue weighted by Crippen LogP contribution is -2.52. The fraction of sp³-hybridized carbons (Fsp3) is 0.571. The molecule has 150 valence electrons. The number of ketones is 1. The van der Waals surface area contributed by atoms with Crippen molar-refractivity contribution in [3.8, 4) is 5.75 Å². The second-order valence-electron chi connectivity index (χ2n) is 7.83. The van der Waals surface area contributed by atoms with E-state index < -0.39 is 11.6 Å². The van der Waals surface area contributed by atoms with Gasteiger partial charge in [0, 0.05) is 32.5 Å². The number of nitrogens with zero attached hydrogens (tertiary/aromatic N) is 2. The number of carbonyl (C=O) groups excluding carboxylic acids is 3. The van der Waals surface area contributed by atoms with E-state index >= 15 is 0 Å². The molecule has 4 rings (SSSR count). The predicted octanol–water partition coefficient (Wildman–Crippen LogP) is 1.65. The monoisotopic (exact) mass is 386 g/mol. The number of hydrogen-bond donors (Lipinski definition) is 0. The van der Waals surface area contributed by atoms with Crippen LogP contribution in [0.15, 0.2) is 24.3 Å². The molecule has 0 radical (unpaired) electrons. The zero-order valence-corrected chi connectivity index (χ0v) is 16.2. The summed E-state index contributed by atoms with van der Waals surface area (Å²) in [6.45, 7) is 4.38. The first-order chi connectivity index (χ1) is 13.5. The van der Waals surface area contributed by atoms with Gasteiger partial charge in [-0.25, -0.2) is 0 Å². The molecule has 3 aliphatic heterocycles. The fourth-order valence-electron chi connectivity index (χ4n) is 4.37. The molecule has 2 saturated heterocycles. The number of fused-ring (bicyclic) bond motifs is 1. The second kappa shape index (κ2) is 7.54. The molecule has 0 saturated carbocycles. The average Bonchev–Trinajstić information content (AvgIpc) is 2.87. The number of benzene rings is 1. The molecule has 2 amide bonds. The molecule has 28 heavy (non-hydrogen) atoms. The van der Waals surface area contributed by atoms with Crippen molar-refractivity contribution in [2.24, 2.45) is 0 Å². The van der Waals surface area contributed by atoms with Crippen LogP contribution in [-0.4, -0.2) is 71.9 Å². The first kappa shape index (κ1) is 18.9. The van der Waals surface area contributed by atoms with Crippen molar-refractivity contribution in [2.45, 2.75) is 44.2 Å². The lowest BCUT2D eigenvalue weighted by molar-refractivity contribution is -0.147. The van der Waals surface area contributed by atoms with Gasteiger partial charge < -0.3 is 19.3 Å². The van der Waals surface area contributed by atoms with Gasteiger partial charge in [-0.05, 0) is 25.5 Å². The van der Waals surface area contributed by atoms with Crippen LogP contribution in [0.5, 0.6) is 5.75 Å². The second-order valence-corrected chi connectivity index (χ2v) is 7.83. The number of likely N-dealkylation sites (tertiary alicyclic amines) is 1. The minimum Gasteiger partial charge on any atom is -0.486 e. The predicted molar refractivity (Wildman–Crippen MR) is 101 cm³/mol. The Kier molecular flexibility index (Phi) is 5.10. The molecule has 0 aromatic heterocycles. The quantitative estimate of drug-likeness (QED) is 0.773. The van der Waals surface area contributed by atoms with E-state index in [1.165, 1.54) is 0 Å². The van der Waals surface area contributed by atoms with Gasteiger partial charge in [-0.1, -0.05) is 12.1 Å². The van der Waals surface area contributed by atoms with Crippen molar-refractivity contribution in [1.29, 1.82) is 0 Å². The van der Waals surface area contributed by atoms with Crippen molar-refractivity contribution < 1.29 is 23.9 Å². The van der Waals surface area contributed by atoms with E-state index in [9.17, 15) is 14.4 Å². The summed E-state index contributed by atoms with van der Waals surface area (Å²) < 4.78 is 11.6. The molecule has 0 N–H and O–H groups in total. The molecule has 7 nitrogen and oxygen atoms in total. The van der Waals surface area contributed by atoms with Crippen molar-refractivity contribution >= 4 is 17.6 Å². The van der Waals surface area contributed by atoms with Gasteiger partial charge in [0.25, 0.3) is 0 Å². The SMILES string of the molecule is C[C@@H](C(=O)N1CCOCC1)N1CC[C@@]2(CCC1=O)CC(=O)c1ccccc1O2. The standard InChI is InChI=1S/C21H26N2O5/c1-15(20(26)22-10-12-27-13-11-22)23-9-8-21(7-6-19(23)25)14-17(24)16-4-2-3-5-18(16)28-21/h2-5,15H,6-14H2,1H3/t15-,21-/m0/s1. The van der Waals surface area contributed by atoms with Crippen molar-refractivity contribution in [3.63, 3.8) is 0 Å². The Morgan fingerprint density at radius 3 is 2.64 bits per heavy atom. The van der Waals surface area contributed by atoms with Crippen LogP contribution in [0.3, 0.4) is 0 Å². The first-order valence-electron chi connectivity index (χ1n) is 9.96. The number of ether oxygens (including phenoxy) is 2. The lowest BCUT2D eigenvalue weighted by Gasteiger charge is -2.37. The number of Topliss-reactive ketones (excluding diaryl/α,β-unsaturated/α-hetero) is 1. The molecule has 1 aromatic rings. The van der Waals surface area contributed by atoms with E-state index in [-0.39, 0.29) is 30.4 Å². The Labute approximate surface area is 164 Å². The highest BCUT2D eigenvalue weighted by Gasteiger charge is 2.44. The summed E-state index contributed by atoms with van der Waals surface area (Å²) in [7, 11) is 0. The molecule has 0 aliphatic carbocycles. The van der Waals surface area contributed by atoms with Gasteiger partial charge in [0.15, 0.2) is 5.78 Å². The summed E-state index contributed by atoms with van der Waals surface area (Å²) in [6, 6.07) is 6.75. The topological polar surface area (TPSA) is 76.2 Å². The molecular formula is C21H26N2O5. The van der Waals surface area contributed by atoms with Gasteiger partial charge in [0.2, 0.25) is 11.8 Å². The Morgan fingerprint density at radius 1 is 1.11 bits per heavy atom. The molecular weight excluding hydrogens is 360 g/mol. The number of amides is 2. The molecule has 7 heteroatoms. The molecule has 2 fully saturated rings. The summed E-state index contributed by atoms with van der Waals surface area (Å²) in [5.74, 6) is 0.553. The van der Waals surface area contributed by atoms with Gasteiger partial charge in [-0.3, -0.25) is 14.4 Å². The summed E-state index contributed by atoms with van der Waals surface area (Å²) in [6.07, 6.45) is 1.58. The van der Waals surface area contributed by atoms with Crippen LogP contribution in [-0.2, 0) is 14.3 Å². The Morgan fingerprint density at radius 2 is 1.86 bits per heavy atom. The minimum absolute atomic E-state index is 0.0430. The van der Waals surface area contributed by atoms with Gasteiger partial charge in [-0.15, -0.1) is 0 Å². The number of hydrogen-bond acceptors (Lipinski definition) is 5. The molecule has 0 unspecified atom stereocenters. The van der Waals surface area contributed by atoms with E-state index in [2.05, 4.69) is 0 Å². The van der Waals surface area contributed by atoms with Gasteiger partial charge >= 0.3 is 0 Å². The van der Waals surface area contributed by atoms with E-state index in [4.69, 9.17) is 9.47 Å². The third kappa shape index (κ3) is 3.51. The lowest BCUT2D eigenvalue weighted by atomic mass is 9.84. The number of rotatable bonds is 2. The summed E-state index contributed by atoms with van der Waals surface area (Å²) in [5, 5.41) is 0. The normalized spacial score (nSPS) is 26.5. The third-order valence-electron chi connectivity index (χ3n) is 6.07. The summed E-state index contributed by atoms with van der Waals surface area (Å²) >= 11 is 0. The molecule has 1 spiro atoms. The number of para-hydroxylation sites is 1. The molecule has 0 bridgehead atoms. The van der Waals surface area contributed by atoms with Crippen LogP contribution in [0.2, 0.25) is 0 Å². The summed E-state index contributed by atoms with van der Waals surface area (Å²) in [5.41, 5.74) is -0.0613. The Bertz CT molecular complexity index is 789. The van der Waals surface area contributed by atoms with Gasteiger partial charge in [-0.2, -0.15) is 0 Å². The van der Waals surface area contributed by atoms with Crippen LogP contribution in [0, 0.1) is 0 Å². The van der Waals surface area contributed by atoms with Crippen LogP contribution in [0.1, 0.15) is 43.0 Å². The average molecular weight is 386 g/mol. The largest absolute Gasteiger partial charge is 0.486 e. The van der Waals surface area contributed by atoms with E-state index in [1.807, 2.05) is 18.2 Å². The van der Waals surface area contributed by atoms with Crippen LogP contribution < -0.4 is 4.74 Å². The third-order valence-corrected chi connectivity index (χ3v) is 6.07. The smallest absolute Gasteiger partial charge is 0.245 e. The highest BCUT2D eigenvalue weighted by atomic mass is 16.5. The molecule has 3 heterocycles. The highest BCUT2D eigenvalue weighted by Crippen LogP contribution is 2.39. The zero-order chi connectivity index (χ0) is 19.7. The highest BCUT2D eigenvalue weighted by molar-refractivity contribution is 6.00.